The van der Waals surface area contributed by atoms with Crippen molar-refractivity contribution in [3.63, 3.8) is 0 Å². The zero-order chi connectivity index (χ0) is 21.5. The van der Waals surface area contributed by atoms with Gasteiger partial charge in [-0.05, 0) is 77.7 Å². The zero-order valence-corrected chi connectivity index (χ0v) is 19.2. The second-order valence-corrected chi connectivity index (χ2v) is 11.3. The summed E-state index contributed by atoms with van der Waals surface area (Å²) < 4.78 is 18.0. The van der Waals surface area contributed by atoms with Gasteiger partial charge in [-0.25, -0.2) is 0 Å². The third kappa shape index (κ3) is 4.04. The molecule has 0 spiro atoms. The normalized spacial score (nSPS) is 21.1. The minimum Gasteiger partial charge on any atom is -0.496 e. The van der Waals surface area contributed by atoms with Crippen molar-refractivity contribution in [1.82, 2.24) is 9.88 Å². The van der Waals surface area contributed by atoms with Crippen LogP contribution in [-0.2, 0) is 16.7 Å². The largest absolute Gasteiger partial charge is 0.496 e. The van der Waals surface area contributed by atoms with Gasteiger partial charge in [0.15, 0.2) is 0 Å². The Morgan fingerprint density at radius 1 is 1.27 bits per heavy atom. The summed E-state index contributed by atoms with van der Waals surface area (Å²) >= 11 is 0. The summed E-state index contributed by atoms with van der Waals surface area (Å²) in [6, 6.07) is 12.7. The van der Waals surface area contributed by atoms with Crippen LogP contribution in [0.25, 0.3) is 10.9 Å². The fraction of sp³-hybridized carbons (Fsp3) is 0.417. The van der Waals surface area contributed by atoms with Crippen molar-refractivity contribution in [2.45, 2.75) is 44.2 Å². The van der Waals surface area contributed by atoms with E-state index in [1.165, 1.54) is 34.0 Å². The fourth-order valence-corrected chi connectivity index (χ4v) is 5.44. The molecule has 4 rings (SSSR count). The van der Waals surface area contributed by atoms with Crippen molar-refractivity contribution in [2.24, 2.45) is 11.1 Å². The van der Waals surface area contributed by atoms with E-state index in [4.69, 9.17) is 9.88 Å². The summed E-state index contributed by atoms with van der Waals surface area (Å²) in [7, 11) is -0.979. The number of fused-ring (bicyclic) bond motifs is 1. The van der Waals surface area contributed by atoms with Gasteiger partial charge in [0.2, 0.25) is 0 Å². The lowest BCUT2D eigenvalue weighted by molar-refractivity contribution is 0.110. The third-order valence-corrected chi connectivity index (χ3v) is 7.78. The molecule has 2 atom stereocenters. The standard InChI is InChI=1S/C24H33N3O2S/c1-16-10-12-27(22(13-16)18-5-7-19(8-6-18)30(4,25)28)15-21-20-9-11-26-24(20)17(2)14-23(21)29-3/h5-9,11,14,16,22,26,30H,10,12-13,15H2,1-4H3,(H2,25,28). The average molecular weight is 428 g/mol. The number of aromatic nitrogens is 1. The first-order valence-corrected chi connectivity index (χ1v) is 12.8. The molecule has 1 aromatic heterocycles. The van der Waals surface area contributed by atoms with E-state index < -0.39 is 10.1 Å². The van der Waals surface area contributed by atoms with Crippen molar-refractivity contribution < 1.29 is 8.95 Å². The van der Waals surface area contributed by atoms with Crippen LogP contribution in [0.1, 0.15) is 42.5 Å². The summed E-state index contributed by atoms with van der Waals surface area (Å²) in [5.41, 5.74) is 4.87. The molecule has 5 nitrogen and oxygen atoms in total. The van der Waals surface area contributed by atoms with Crippen LogP contribution in [0.3, 0.4) is 0 Å². The van der Waals surface area contributed by atoms with Crippen molar-refractivity contribution in [1.29, 1.82) is 0 Å². The van der Waals surface area contributed by atoms with Crippen molar-refractivity contribution in [2.75, 3.05) is 19.9 Å². The molecule has 30 heavy (non-hydrogen) atoms. The molecule has 0 radical (unpaired) electrons. The predicted molar refractivity (Wildman–Crippen MR) is 125 cm³/mol. The van der Waals surface area contributed by atoms with Crippen LogP contribution in [0.15, 0.2) is 47.5 Å². The number of thiol groups is 1. The molecule has 2 unspecified atom stereocenters. The molecule has 1 aliphatic rings. The molecule has 2 heterocycles. The molecule has 3 N–H and O–H groups in total. The van der Waals surface area contributed by atoms with Gasteiger partial charge in [-0.3, -0.25) is 14.2 Å². The number of H-pyrrole nitrogens is 1. The van der Waals surface area contributed by atoms with Gasteiger partial charge in [0.05, 0.1) is 7.11 Å². The van der Waals surface area contributed by atoms with E-state index in [1.54, 1.807) is 13.4 Å². The summed E-state index contributed by atoms with van der Waals surface area (Å²) in [4.78, 5) is 6.67. The van der Waals surface area contributed by atoms with Gasteiger partial charge in [-0.1, -0.05) is 19.1 Å². The molecular weight excluding hydrogens is 394 g/mol. The highest BCUT2D eigenvalue weighted by atomic mass is 32.3. The first kappa shape index (κ1) is 21.1. The number of nitrogens with one attached hydrogen (secondary N) is 1. The lowest BCUT2D eigenvalue weighted by Crippen LogP contribution is -2.36. The minimum atomic E-state index is -2.73. The SMILES string of the molecule is COc1cc(C)c2[nH]ccc2c1CN1CCC(C)CC1c1ccc([SH](C)(N)=O)cc1. The Hall–Kier alpha value is -2.15. The highest BCUT2D eigenvalue weighted by Gasteiger charge is 2.29. The maximum Gasteiger partial charge on any atom is 0.124 e. The molecule has 6 heteroatoms. The second-order valence-electron chi connectivity index (χ2n) is 8.84. The number of nitrogens with two attached hydrogens (primary N) is 1. The van der Waals surface area contributed by atoms with E-state index in [-0.39, 0.29) is 0 Å². The van der Waals surface area contributed by atoms with Crippen LogP contribution in [0, 0.1) is 12.8 Å². The average Bonchev–Trinajstić information content (AvgIpc) is 3.21. The number of rotatable bonds is 5. The van der Waals surface area contributed by atoms with E-state index in [2.05, 4.69) is 48.0 Å². The van der Waals surface area contributed by atoms with Crippen LogP contribution in [0.2, 0.25) is 0 Å². The monoisotopic (exact) mass is 427 g/mol. The van der Waals surface area contributed by atoms with E-state index in [0.717, 1.165) is 30.2 Å². The number of hydrogen-bond donors (Lipinski definition) is 3. The number of methoxy groups -OCH3 is 1. The number of piperidine rings is 1. The number of benzene rings is 2. The summed E-state index contributed by atoms with van der Waals surface area (Å²) in [5, 5.41) is 7.08. The highest BCUT2D eigenvalue weighted by molar-refractivity contribution is 8.00. The maximum absolute atomic E-state index is 12.2. The van der Waals surface area contributed by atoms with Crippen LogP contribution in [-0.4, -0.2) is 34.0 Å². The smallest absolute Gasteiger partial charge is 0.124 e. The number of nitrogens with zero attached hydrogens (tertiary/aromatic N) is 1. The molecule has 3 aromatic rings. The van der Waals surface area contributed by atoms with Gasteiger partial charge >= 0.3 is 0 Å². The lowest BCUT2D eigenvalue weighted by atomic mass is 9.87. The van der Waals surface area contributed by atoms with Crippen molar-refractivity contribution in [3.8, 4) is 5.75 Å². The first-order chi connectivity index (χ1) is 14.3. The minimum absolute atomic E-state index is 0.316. The Bertz CT molecular complexity index is 1080. The van der Waals surface area contributed by atoms with Gasteiger partial charge in [0, 0.05) is 46.4 Å². The van der Waals surface area contributed by atoms with E-state index in [1.807, 2.05) is 18.3 Å². The van der Waals surface area contributed by atoms with Gasteiger partial charge in [-0.15, -0.1) is 0 Å². The zero-order valence-electron chi connectivity index (χ0n) is 18.3. The van der Waals surface area contributed by atoms with Gasteiger partial charge in [0.25, 0.3) is 0 Å². The van der Waals surface area contributed by atoms with Crippen LogP contribution in [0.4, 0.5) is 0 Å². The number of likely N-dealkylation sites (tertiary alicyclic amines) is 1. The number of aromatic amines is 1. The van der Waals surface area contributed by atoms with Crippen LogP contribution < -0.4 is 9.88 Å². The Morgan fingerprint density at radius 2 is 2.00 bits per heavy atom. The molecule has 0 saturated carbocycles. The van der Waals surface area contributed by atoms with E-state index in [9.17, 15) is 4.21 Å². The summed E-state index contributed by atoms with van der Waals surface area (Å²) in [6.45, 7) is 6.32. The molecule has 0 aliphatic carbocycles. The second kappa shape index (κ2) is 8.17. The quantitative estimate of drug-likeness (QED) is 0.531. The fourth-order valence-electron chi connectivity index (χ4n) is 4.70. The molecule has 2 aromatic carbocycles. The molecule has 1 aliphatic heterocycles. The van der Waals surface area contributed by atoms with Gasteiger partial charge < -0.3 is 9.72 Å². The van der Waals surface area contributed by atoms with E-state index >= 15 is 0 Å². The van der Waals surface area contributed by atoms with Crippen LogP contribution in [0.5, 0.6) is 5.75 Å². The highest BCUT2D eigenvalue weighted by Crippen LogP contribution is 2.38. The van der Waals surface area contributed by atoms with Crippen LogP contribution >= 0.6 is 0 Å². The summed E-state index contributed by atoms with van der Waals surface area (Å²) in [5.74, 6) is 1.62. The number of aryl methyl sites for hydroxylation is 1. The van der Waals surface area contributed by atoms with Gasteiger partial charge in [-0.2, -0.15) is 0 Å². The van der Waals surface area contributed by atoms with Gasteiger partial charge in [0.1, 0.15) is 5.75 Å². The van der Waals surface area contributed by atoms with Crippen molar-refractivity contribution >= 4 is 21.0 Å². The third-order valence-electron chi connectivity index (χ3n) is 6.46. The Morgan fingerprint density at radius 3 is 2.67 bits per heavy atom. The number of hydrogen-bond acceptors (Lipinski definition) is 3. The number of ether oxygens (including phenoxy) is 1. The lowest BCUT2D eigenvalue weighted by Gasteiger charge is -2.39. The molecule has 0 amide bonds. The Balaban J connectivity index is 1.69. The predicted octanol–water partition coefficient (Wildman–Crippen LogP) is 4.34. The molecule has 162 valence electrons. The summed E-state index contributed by atoms with van der Waals surface area (Å²) in [6.07, 6.45) is 5.91. The topological polar surface area (TPSA) is 71.3 Å². The molecular formula is C24H33N3O2S. The van der Waals surface area contributed by atoms with Crippen molar-refractivity contribution in [3.05, 3.63) is 59.3 Å². The Kier molecular flexibility index (Phi) is 5.75. The molecule has 1 saturated heterocycles. The Labute approximate surface area is 180 Å². The maximum atomic E-state index is 12.2. The molecule has 0 bridgehead atoms. The first-order valence-electron chi connectivity index (χ1n) is 10.6. The van der Waals surface area contributed by atoms with E-state index in [0.29, 0.717) is 12.0 Å². The molecule has 1 fully saturated rings.